The second kappa shape index (κ2) is 14.7. The molecule has 0 saturated carbocycles. The lowest BCUT2D eigenvalue weighted by Crippen LogP contribution is -2.48. The summed E-state index contributed by atoms with van der Waals surface area (Å²) in [6.07, 6.45) is -0.615. The summed E-state index contributed by atoms with van der Waals surface area (Å²) in [6, 6.07) is 30.0. The van der Waals surface area contributed by atoms with E-state index in [4.69, 9.17) is 4.98 Å². The second-order valence-corrected chi connectivity index (χ2v) is 9.54. The Bertz CT molecular complexity index is 1210. The number of piperazine rings is 1. The predicted molar refractivity (Wildman–Crippen MR) is 163 cm³/mol. The van der Waals surface area contributed by atoms with Crippen molar-refractivity contribution in [3.63, 3.8) is 0 Å². The fraction of sp³-hybridized carbons (Fsp3) is 0.300. The van der Waals surface area contributed by atoms with Crippen LogP contribution in [-0.4, -0.2) is 57.6 Å². The number of hydrogen-bond acceptors (Lipinski definition) is 4. The molecule has 1 saturated heterocycles. The molecule has 4 aromatic rings. The van der Waals surface area contributed by atoms with Crippen LogP contribution in [0.2, 0.25) is 0 Å². The van der Waals surface area contributed by atoms with Crippen LogP contribution in [0.25, 0.3) is 11.4 Å². The fourth-order valence-corrected chi connectivity index (χ4v) is 5.15. The number of hydrogen-bond donors (Lipinski definition) is 2. The summed E-state index contributed by atoms with van der Waals surface area (Å²) in [5.74, 6) is 0.818. The number of β-amino-alcohol motifs (C(OH)–C–C–N with tert-alkyl or cyclic N) is 1. The van der Waals surface area contributed by atoms with E-state index in [9.17, 15) is 5.11 Å². The van der Waals surface area contributed by atoms with Crippen LogP contribution in [0, 0.1) is 13.8 Å². The first kappa shape index (κ1) is 31.8. The Kier molecular flexibility index (Phi) is 12.3. The minimum Gasteiger partial charge on any atom is -0.385 e. The maximum absolute atomic E-state index is 11.1. The number of aliphatic hydroxyl groups excluding tert-OH is 1. The Labute approximate surface area is 244 Å². The van der Waals surface area contributed by atoms with Gasteiger partial charge < -0.3 is 10.1 Å². The molecule has 0 bridgehead atoms. The normalized spacial score (nSPS) is 14.7. The van der Waals surface area contributed by atoms with E-state index in [-0.39, 0.29) is 43.3 Å². The molecule has 3 aromatic carbocycles. The van der Waals surface area contributed by atoms with Gasteiger partial charge in [-0.2, -0.15) is 0 Å². The van der Waals surface area contributed by atoms with Gasteiger partial charge in [-0.3, -0.25) is 9.80 Å². The highest BCUT2D eigenvalue weighted by Crippen LogP contribution is 2.30. The Morgan fingerprint density at radius 2 is 1.37 bits per heavy atom. The van der Waals surface area contributed by atoms with Crippen molar-refractivity contribution < 1.29 is 5.11 Å². The van der Waals surface area contributed by atoms with Crippen LogP contribution in [-0.2, 0) is 0 Å². The van der Waals surface area contributed by atoms with Gasteiger partial charge in [-0.05, 0) is 31.0 Å². The van der Waals surface area contributed by atoms with Crippen LogP contribution >= 0.6 is 37.2 Å². The molecule has 0 spiro atoms. The van der Waals surface area contributed by atoms with Crippen LogP contribution < -0.4 is 0 Å². The van der Waals surface area contributed by atoms with Gasteiger partial charge >= 0.3 is 0 Å². The average molecular weight is 576 g/mol. The molecule has 5 nitrogen and oxygen atoms in total. The number of halogens is 3. The standard InChI is InChI=1S/C30H34N4O.3ClH/c1-22-10-9-15-26(20-22)30-31-23(2)28(32-30)27(35)21-33-16-18-34(19-17-33)29(24-11-5-3-6-12-24)25-13-7-4-8-14-25;;;/h3-15,20,27,29,35H,16-19,21H2,1-2H3,(H,31,32);3*1H. The number of imidazole rings is 1. The number of aromatic amines is 1. The second-order valence-electron chi connectivity index (χ2n) is 9.54. The van der Waals surface area contributed by atoms with E-state index in [1.807, 2.05) is 13.0 Å². The molecular weight excluding hydrogens is 539 g/mol. The highest BCUT2D eigenvalue weighted by molar-refractivity contribution is 5.86. The first-order valence-electron chi connectivity index (χ1n) is 12.5. The molecule has 1 aliphatic heterocycles. The number of rotatable bonds is 7. The highest BCUT2D eigenvalue weighted by Gasteiger charge is 2.28. The lowest BCUT2D eigenvalue weighted by Gasteiger charge is -2.40. The minimum atomic E-state index is -0.615. The molecule has 8 heteroatoms. The molecule has 1 fully saturated rings. The summed E-state index contributed by atoms with van der Waals surface area (Å²) in [7, 11) is 0. The molecule has 38 heavy (non-hydrogen) atoms. The van der Waals surface area contributed by atoms with E-state index in [0.29, 0.717) is 6.54 Å². The molecule has 204 valence electrons. The van der Waals surface area contributed by atoms with Crippen LogP contribution in [0.15, 0.2) is 84.9 Å². The van der Waals surface area contributed by atoms with E-state index in [1.54, 1.807) is 0 Å². The number of aliphatic hydroxyl groups is 1. The molecule has 2 heterocycles. The van der Waals surface area contributed by atoms with E-state index in [1.165, 1.54) is 16.7 Å². The van der Waals surface area contributed by atoms with Crippen molar-refractivity contribution in [2.45, 2.75) is 26.0 Å². The van der Waals surface area contributed by atoms with E-state index >= 15 is 0 Å². The smallest absolute Gasteiger partial charge is 0.137 e. The van der Waals surface area contributed by atoms with Crippen LogP contribution in [0.4, 0.5) is 0 Å². The Hall–Kier alpha value is -2.38. The summed E-state index contributed by atoms with van der Waals surface area (Å²) in [6.45, 7) is 8.41. The molecule has 0 aliphatic carbocycles. The molecule has 1 aliphatic rings. The van der Waals surface area contributed by atoms with E-state index in [0.717, 1.165) is 49.0 Å². The molecule has 0 amide bonds. The number of nitrogens with one attached hydrogen (secondary N) is 1. The third-order valence-corrected chi connectivity index (χ3v) is 6.96. The molecular formula is C30H37Cl3N4O. The van der Waals surface area contributed by atoms with Gasteiger partial charge in [-0.25, -0.2) is 4.98 Å². The number of benzene rings is 3. The topological polar surface area (TPSA) is 55.4 Å². The van der Waals surface area contributed by atoms with Gasteiger partial charge in [0, 0.05) is 44.0 Å². The first-order chi connectivity index (χ1) is 17.1. The summed E-state index contributed by atoms with van der Waals surface area (Å²) >= 11 is 0. The quantitative estimate of drug-likeness (QED) is 0.268. The summed E-state index contributed by atoms with van der Waals surface area (Å²) in [5, 5.41) is 11.1. The Balaban J connectivity index is 0.00000169. The lowest BCUT2D eigenvalue weighted by atomic mass is 9.96. The van der Waals surface area contributed by atoms with Crippen molar-refractivity contribution >= 4 is 37.2 Å². The maximum Gasteiger partial charge on any atom is 0.137 e. The molecule has 1 atom stereocenters. The van der Waals surface area contributed by atoms with Gasteiger partial charge in [0.25, 0.3) is 0 Å². The molecule has 0 radical (unpaired) electrons. The molecule has 5 rings (SSSR count). The Morgan fingerprint density at radius 1 is 0.789 bits per heavy atom. The van der Waals surface area contributed by atoms with Crippen LogP contribution in [0.3, 0.4) is 0 Å². The zero-order valence-corrected chi connectivity index (χ0v) is 24.2. The monoisotopic (exact) mass is 574 g/mol. The van der Waals surface area contributed by atoms with Gasteiger partial charge in [0.05, 0.1) is 11.7 Å². The Morgan fingerprint density at radius 3 is 1.92 bits per heavy atom. The zero-order valence-electron chi connectivity index (χ0n) is 21.8. The highest BCUT2D eigenvalue weighted by atomic mass is 35.5. The SMILES string of the molecule is Cc1cccc(-c2nc(C(O)CN3CCN(C(c4ccccc4)c4ccccc4)CC3)c(C)[nH]2)c1.Cl.Cl.Cl. The summed E-state index contributed by atoms with van der Waals surface area (Å²) < 4.78 is 0. The summed E-state index contributed by atoms with van der Waals surface area (Å²) in [5.41, 5.74) is 6.57. The van der Waals surface area contributed by atoms with Crippen molar-refractivity contribution in [1.82, 2.24) is 19.8 Å². The van der Waals surface area contributed by atoms with Gasteiger partial charge in [-0.15, -0.1) is 37.2 Å². The number of aryl methyl sites for hydroxylation is 2. The number of nitrogens with zero attached hydrogens (tertiary/aromatic N) is 3. The van der Waals surface area contributed by atoms with E-state index in [2.05, 4.69) is 101 Å². The van der Waals surface area contributed by atoms with Crippen molar-refractivity contribution in [2.75, 3.05) is 32.7 Å². The fourth-order valence-electron chi connectivity index (χ4n) is 5.15. The first-order valence-corrected chi connectivity index (χ1v) is 12.5. The van der Waals surface area contributed by atoms with Crippen molar-refractivity contribution in [2.24, 2.45) is 0 Å². The maximum atomic E-state index is 11.1. The van der Waals surface area contributed by atoms with Gasteiger partial charge in [0.2, 0.25) is 0 Å². The molecule has 1 aromatic heterocycles. The van der Waals surface area contributed by atoms with E-state index < -0.39 is 6.10 Å². The van der Waals surface area contributed by atoms with Crippen molar-refractivity contribution in [3.8, 4) is 11.4 Å². The van der Waals surface area contributed by atoms with Crippen LogP contribution in [0.5, 0.6) is 0 Å². The van der Waals surface area contributed by atoms with Crippen molar-refractivity contribution in [3.05, 3.63) is 113 Å². The molecule has 2 N–H and O–H groups in total. The lowest BCUT2D eigenvalue weighted by molar-refractivity contribution is 0.0606. The number of aromatic nitrogens is 2. The molecule has 1 unspecified atom stereocenters. The minimum absolute atomic E-state index is 0. The third kappa shape index (κ3) is 7.38. The van der Waals surface area contributed by atoms with Gasteiger partial charge in [0.1, 0.15) is 11.9 Å². The predicted octanol–water partition coefficient (Wildman–Crippen LogP) is 6.40. The number of H-pyrrole nitrogens is 1. The zero-order chi connectivity index (χ0) is 24.2. The largest absolute Gasteiger partial charge is 0.385 e. The van der Waals surface area contributed by atoms with Gasteiger partial charge in [-0.1, -0.05) is 84.4 Å². The average Bonchev–Trinajstić information content (AvgIpc) is 3.28. The van der Waals surface area contributed by atoms with Gasteiger partial charge in [0.15, 0.2) is 0 Å². The van der Waals surface area contributed by atoms with Crippen molar-refractivity contribution in [1.29, 1.82) is 0 Å². The third-order valence-electron chi connectivity index (χ3n) is 6.96. The summed E-state index contributed by atoms with van der Waals surface area (Å²) in [4.78, 5) is 13.0. The van der Waals surface area contributed by atoms with Crippen LogP contribution in [0.1, 0.15) is 40.2 Å².